The number of carbonyl (C=O) groups is 1. The highest BCUT2D eigenvalue weighted by Crippen LogP contribution is 2.26. The zero-order chi connectivity index (χ0) is 12.4. The molecule has 6 heteroatoms. The summed E-state index contributed by atoms with van der Waals surface area (Å²) in [6.07, 6.45) is 2.86. The van der Waals surface area contributed by atoms with Gasteiger partial charge in [-0.05, 0) is 24.3 Å². The first kappa shape index (κ1) is 12.0. The van der Waals surface area contributed by atoms with Gasteiger partial charge in [-0.2, -0.15) is 0 Å². The summed E-state index contributed by atoms with van der Waals surface area (Å²) in [6, 6.07) is 5.00. The predicted octanol–water partition coefficient (Wildman–Crippen LogP) is 2.58. The van der Waals surface area contributed by atoms with Crippen molar-refractivity contribution in [2.45, 2.75) is 0 Å². The van der Waals surface area contributed by atoms with Gasteiger partial charge in [0.25, 0.3) is 0 Å². The number of allylic oxidation sites excluding steroid dienone is 1. The molecule has 2 rings (SSSR count). The summed E-state index contributed by atoms with van der Waals surface area (Å²) >= 11 is 11.6. The van der Waals surface area contributed by atoms with Crippen molar-refractivity contribution in [3.63, 3.8) is 0 Å². The number of nitrogens with one attached hydrogen (secondary N) is 2. The van der Waals surface area contributed by atoms with E-state index in [1.54, 1.807) is 29.4 Å². The van der Waals surface area contributed by atoms with Crippen LogP contribution in [-0.4, -0.2) is 5.78 Å². The number of carbonyl (C=O) groups excluding carboxylic acids is 1. The van der Waals surface area contributed by atoms with Crippen molar-refractivity contribution in [2.24, 2.45) is 0 Å². The molecular weight excluding hydrogens is 261 g/mol. The molecule has 0 amide bonds. The van der Waals surface area contributed by atoms with Crippen LogP contribution in [0, 0.1) is 0 Å². The Morgan fingerprint density at radius 1 is 1.41 bits per heavy atom. The third-order valence-electron chi connectivity index (χ3n) is 2.21. The Labute approximate surface area is 108 Å². The van der Waals surface area contributed by atoms with Gasteiger partial charge in [-0.3, -0.25) is 15.2 Å². The van der Waals surface area contributed by atoms with Crippen molar-refractivity contribution in [3.8, 4) is 0 Å². The molecule has 0 radical (unpaired) electrons. The number of halogens is 2. The van der Waals surface area contributed by atoms with Gasteiger partial charge in [-0.1, -0.05) is 29.8 Å². The smallest absolute Gasteiger partial charge is 0.187 e. The molecule has 0 bridgehead atoms. The Bertz CT molecular complexity index is 513. The number of anilines is 1. The molecule has 0 saturated heterocycles. The molecular formula is C11H9Cl2N3O. The minimum atomic E-state index is -0.208. The van der Waals surface area contributed by atoms with Gasteiger partial charge in [-0.15, -0.1) is 5.53 Å². The molecule has 0 spiro atoms. The van der Waals surface area contributed by atoms with Crippen molar-refractivity contribution in [1.82, 2.24) is 11.0 Å². The lowest BCUT2D eigenvalue weighted by Crippen LogP contribution is -2.36. The van der Waals surface area contributed by atoms with E-state index in [9.17, 15) is 4.79 Å². The van der Waals surface area contributed by atoms with E-state index in [4.69, 9.17) is 23.2 Å². The fourth-order valence-corrected chi connectivity index (χ4v) is 1.76. The highest BCUT2D eigenvalue weighted by molar-refractivity contribution is 6.31. The second-order valence-electron chi connectivity index (χ2n) is 3.31. The van der Waals surface area contributed by atoms with Crippen LogP contribution in [-0.2, 0) is 0 Å². The van der Waals surface area contributed by atoms with Crippen LogP contribution in [0.25, 0.3) is 0 Å². The summed E-state index contributed by atoms with van der Waals surface area (Å²) in [4.78, 5) is 11.7. The number of hydrazine groups is 2. The molecule has 0 unspecified atom stereocenters. The number of hydrogen-bond donors (Lipinski definition) is 2. The van der Waals surface area contributed by atoms with Crippen molar-refractivity contribution in [2.75, 3.05) is 5.01 Å². The molecule has 2 N–H and O–H groups in total. The van der Waals surface area contributed by atoms with Crippen LogP contribution in [0.15, 0.2) is 42.2 Å². The maximum Gasteiger partial charge on any atom is 0.187 e. The Hall–Kier alpha value is -1.49. The molecule has 4 nitrogen and oxygen atoms in total. The quantitative estimate of drug-likeness (QED) is 0.503. The SMILES string of the molecule is C=CC(=O)c1cc(Cl)ccc1N1C=C(Cl)NN1. The molecule has 0 saturated carbocycles. The first-order chi connectivity index (χ1) is 8.11. The van der Waals surface area contributed by atoms with Crippen LogP contribution in [0.3, 0.4) is 0 Å². The molecule has 88 valence electrons. The minimum absolute atomic E-state index is 0.208. The first-order valence-corrected chi connectivity index (χ1v) is 5.52. The fourth-order valence-electron chi connectivity index (χ4n) is 1.45. The number of benzene rings is 1. The van der Waals surface area contributed by atoms with Crippen LogP contribution in [0.2, 0.25) is 5.02 Å². The molecule has 1 aliphatic rings. The van der Waals surface area contributed by atoms with Crippen LogP contribution < -0.4 is 16.0 Å². The number of rotatable bonds is 3. The summed E-state index contributed by atoms with van der Waals surface area (Å²) in [5.41, 5.74) is 6.58. The maximum absolute atomic E-state index is 11.7. The Morgan fingerprint density at radius 3 is 2.76 bits per heavy atom. The summed E-state index contributed by atoms with van der Waals surface area (Å²) in [6.45, 7) is 3.46. The van der Waals surface area contributed by atoms with Crippen LogP contribution in [0.1, 0.15) is 10.4 Å². The van der Waals surface area contributed by atoms with Crippen molar-refractivity contribution in [3.05, 3.63) is 52.8 Å². The first-order valence-electron chi connectivity index (χ1n) is 4.76. The molecule has 0 aliphatic carbocycles. The van der Waals surface area contributed by atoms with Crippen molar-refractivity contribution >= 4 is 34.7 Å². The summed E-state index contributed by atoms with van der Waals surface area (Å²) < 4.78 is 0. The number of hydrogen-bond acceptors (Lipinski definition) is 4. The fraction of sp³-hybridized carbons (Fsp3) is 0. The van der Waals surface area contributed by atoms with E-state index in [2.05, 4.69) is 17.5 Å². The molecule has 1 heterocycles. The maximum atomic E-state index is 11.7. The van der Waals surface area contributed by atoms with E-state index in [0.29, 0.717) is 21.4 Å². The van der Waals surface area contributed by atoms with Crippen molar-refractivity contribution < 1.29 is 4.79 Å². The third-order valence-corrected chi connectivity index (χ3v) is 2.63. The van der Waals surface area contributed by atoms with Gasteiger partial charge in [-0.25, -0.2) is 0 Å². The normalized spacial score (nSPS) is 14.2. The van der Waals surface area contributed by atoms with Gasteiger partial charge in [0.05, 0.1) is 11.9 Å². The molecule has 0 aromatic heterocycles. The average Bonchev–Trinajstić information content (AvgIpc) is 2.74. The van der Waals surface area contributed by atoms with Gasteiger partial charge < -0.3 is 0 Å². The molecule has 1 aromatic carbocycles. The lowest BCUT2D eigenvalue weighted by molar-refractivity contribution is 0.104. The zero-order valence-electron chi connectivity index (χ0n) is 8.71. The van der Waals surface area contributed by atoms with Crippen LogP contribution in [0.4, 0.5) is 5.69 Å². The lowest BCUT2D eigenvalue weighted by Gasteiger charge is -2.18. The highest BCUT2D eigenvalue weighted by atomic mass is 35.5. The molecule has 1 aromatic rings. The van der Waals surface area contributed by atoms with E-state index in [-0.39, 0.29) is 5.78 Å². The van der Waals surface area contributed by atoms with Crippen molar-refractivity contribution in [1.29, 1.82) is 0 Å². The monoisotopic (exact) mass is 269 g/mol. The Kier molecular flexibility index (Phi) is 3.38. The van der Waals surface area contributed by atoms with Crippen LogP contribution in [0.5, 0.6) is 0 Å². The molecule has 0 atom stereocenters. The number of ketones is 1. The summed E-state index contributed by atoms with van der Waals surface area (Å²) in [5, 5.41) is 2.51. The number of nitrogens with zero attached hydrogens (tertiary/aromatic N) is 1. The predicted molar refractivity (Wildman–Crippen MR) is 68.7 cm³/mol. The second-order valence-corrected chi connectivity index (χ2v) is 4.16. The van der Waals surface area contributed by atoms with Gasteiger partial charge in [0.15, 0.2) is 5.78 Å². The van der Waals surface area contributed by atoms with Gasteiger partial charge >= 0.3 is 0 Å². The molecule has 1 aliphatic heterocycles. The van der Waals surface area contributed by atoms with Gasteiger partial charge in [0.2, 0.25) is 0 Å². The van der Waals surface area contributed by atoms with E-state index < -0.39 is 0 Å². The summed E-state index contributed by atoms with van der Waals surface area (Å²) in [5.74, 6) is -0.208. The highest BCUT2D eigenvalue weighted by Gasteiger charge is 2.17. The standard InChI is InChI=1S/C11H9Cl2N3O/c1-2-10(17)8-5-7(12)3-4-9(8)16-6-11(13)14-15-16/h2-6,14-15H,1H2. The van der Waals surface area contributed by atoms with Gasteiger partial charge in [0.1, 0.15) is 5.16 Å². The molecule has 17 heavy (non-hydrogen) atoms. The zero-order valence-corrected chi connectivity index (χ0v) is 10.2. The van der Waals surface area contributed by atoms with Gasteiger partial charge in [0, 0.05) is 10.6 Å². The van der Waals surface area contributed by atoms with E-state index >= 15 is 0 Å². The Morgan fingerprint density at radius 2 is 2.18 bits per heavy atom. The minimum Gasteiger partial charge on any atom is -0.292 e. The lowest BCUT2D eigenvalue weighted by atomic mass is 10.1. The molecule has 0 fully saturated rings. The topological polar surface area (TPSA) is 44.4 Å². The third kappa shape index (κ3) is 2.44. The van der Waals surface area contributed by atoms with E-state index in [1.807, 2.05) is 0 Å². The van der Waals surface area contributed by atoms with Crippen LogP contribution >= 0.6 is 23.2 Å². The largest absolute Gasteiger partial charge is 0.292 e. The summed E-state index contributed by atoms with van der Waals surface area (Å²) in [7, 11) is 0. The average molecular weight is 270 g/mol. The second kappa shape index (κ2) is 4.79. The van der Waals surface area contributed by atoms with E-state index in [1.165, 1.54) is 6.08 Å². The van der Waals surface area contributed by atoms with E-state index in [0.717, 1.165) is 0 Å². The Balaban J connectivity index is 2.46.